The van der Waals surface area contributed by atoms with Gasteiger partial charge < -0.3 is 26.2 Å². The van der Waals surface area contributed by atoms with Gasteiger partial charge in [-0.25, -0.2) is 4.98 Å². The SMILES string of the molecule is CO[C@H]1CC[C@H](Nc2ncc(C(N)=O)c(N[C@@H]3CCCCC3O)n2)CC1. The maximum Gasteiger partial charge on any atom is 0.254 e. The van der Waals surface area contributed by atoms with Crippen molar-refractivity contribution in [3.63, 3.8) is 0 Å². The number of nitrogens with one attached hydrogen (secondary N) is 2. The van der Waals surface area contributed by atoms with Crippen LogP contribution in [0.4, 0.5) is 11.8 Å². The van der Waals surface area contributed by atoms with E-state index in [-0.39, 0.29) is 17.6 Å². The smallest absolute Gasteiger partial charge is 0.254 e. The van der Waals surface area contributed by atoms with E-state index >= 15 is 0 Å². The number of aromatic nitrogens is 2. The lowest BCUT2D eigenvalue weighted by Gasteiger charge is -2.30. The van der Waals surface area contributed by atoms with Crippen LogP contribution in [0.5, 0.6) is 0 Å². The molecule has 0 saturated heterocycles. The van der Waals surface area contributed by atoms with Gasteiger partial charge in [-0.1, -0.05) is 12.8 Å². The first kappa shape index (κ1) is 18.8. The fourth-order valence-electron chi connectivity index (χ4n) is 3.82. The topological polar surface area (TPSA) is 122 Å². The third kappa shape index (κ3) is 4.62. The van der Waals surface area contributed by atoms with Crippen molar-refractivity contribution >= 4 is 17.7 Å². The van der Waals surface area contributed by atoms with Gasteiger partial charge in [-0.3, -0.25) is 4.79 Å². The zero-order valence-electron chi connectivity index (χ0n) is 15.3. The van der Waals surface area contributed by atoms with Gasteiger partial charge in [0.05, 0.1) is 23.8 Å². The van der Waals surface area contributed by atoms with Crippen LogP contribution in [0.2, 0.25) is 0 Å². The van der Waals surface area contributed by atoms with Crippen molar-refractivity contribution < 1.29 is 14.6 Å². The number of amides is 1. The molecule has 5 N–H and O–H groups in total. The largest absolute Gasteiger partial charge is 0.391 e. The Hall–Kier alpha value is -1.93. The predicted octanol–water partition coefficient (Wildman–Crippen LogP) is 1.66. The zero-order chi connectivity index (χ0) is 18.5. The molecule has 1 aromatic rings. The molecule has 1 unspecified atom stereocenters. The minimum atomic E-state index is -0.579. The molecule has 1 amide bonds. The molecule has 3 rings (SSSR count). The fraction of sp³-hybridized carbons (Fsp3) is 0.722. The molecule has 0 radical (unpaired) electrons. The molecule has 1 aromatic heterocycles. The highest BCUT2D eigenvalue weighted by atomic mass is 16.5. The maximum absolute atomic E-state index is 11.7. The molecule has 8 heteroatoms. The third-order valence-electron chi connectivity index (χ3n) is 5.45. The molecular weight excluding hydrogens is 334 g/mol. The molecule has 0 spiro atoms. The summed E-state index contributed by atoms with van der Waals surface area (Å²) in [6.45, 7) is 0. The van der Waals surface area contributed by atoms with Gasteiger partial charge in [0.25, 0.3) is 5.91 Å². The molecule has 26 heavy (non-hydrogen) atoms. The summed E-state index contributed by atoms with van der Waals surface area (Å²) in [4.78, 5) is 20.4. The van der Waals surface area contributed by atoms with E-state index in [0.717, 1.165) is 51.4 Å². The summed E-state index contributed by atoms with van der Waals surface area (Å²) in [6, 6.07) is 0.163. The van der Waals surface area contributed by atoms with Crippen LogP contribution in [0.3, 0.4) is 0 Å². The number of nitrogens with two attached hydrogens (primary N) is 1. The number of carbonyl (C=O) groups is 1. The predicted molar refractivity (Wildman–Crippen MR) is 99.1 cm³/mol. The molecule has 144 valence electrons. The normalized spacial score (nSPS) is 29.2. The standard InChI is InChI=1S/C18H29N5O3/c1-26-12-8-6-11(7-9-12)21-18-20-10-13(16(19)25)17(23-18)22-14-4-2-3-5-15(14)24/h10-12,14-15,24H,2-9H2,1H3,(H2,19,25)(H2,20,21,22,23)/t11-,12-,14-,15?/m1/s1. The van der Waals surface area contributed by atoms with Crippen molar-refractivity contribution in [2.75, 3.05) is 17.7 Å². The number of aliphatic hydroxyl groups is 1. The first-order valence-electron chi connectivity index (χ1n) is 9.47. The Morgan fingerprint density at radius 1 is 1.19 bits per heavy atom. The lowest BCUT2D eigenvalue weighted by Crippen LogP contribution is -2.37. The quantitative estimate of drug-likeness (QED) is 0.606. The highest BCUT2D eigenvalue weighted by molar-refractivity contribution is 5.97. The van der Waals surface area contributed by atoms with Crippen molar-refractivity contribution in [2.24, 2.45) is 5.73 Å². The average Bonchev–Trinajstić information content (AvgIpc) is 2.64. The number of anilines is 2. The Kier molecular flexibility index (Phi) is 6.26. The van der Waals surface area contributed by atoms with E-state index in [2.05, 4.69) is 20.6 Å². The van der Waals surface area contributed by atoms with Gasteiger partial charge in [-0.2, -0.15) is 4.98 Å². The average molecular weight is 363 g/mol. The van der Waals surface area contributed by atoms with E-state index in [0.29, 0.717) is 17.9 Å². The van der Waals surface area contributed by atoms with E-state index in [1.165, 1.54) is 6.20 Å². The number of aliphatic hydroxyl groups excluding tert-OH is 1. The van der Waals surface area contributed by atoms with Crippen LogP contribution >= 0.6 is 0 Å². The summed E-state index contributed by atoms with van der Waals surface area (Å²) >= 11 is 0. The molecule has 2 fully saturated rings. The molecule has 2 aliphatic carbocycles. The van der Waals surface area contributed by atoms with Crippen LogP contribution in [-0.4, -0.2) is 52.4 Å². The van der Waals surface area contributed by atoms with E-state index in [1.807, 2.05) is 0 Å². The second-order valence-electron chi connectivity index (χ2n) is 7.28. The Labute approximate surface area is 153 Å². The molecule has 1 heterocycles. The number of rotatable bonds is 6. The number of methoxy groups -OCH3 is 1. The van der Waals surface area contributed by atoms with E-state index in [9.17, 15) is 9.90 Å². The number of hydrogen-bond donors (Lipinski definition) is 4. The molecule has 2 saturated carbocycles. The monoisotopic (exact) mass is 363 g/mol. The molecular formula is C18H29N5O3. The van der Waals surface area contributed by atoms with Gasteiger partial charge >= 0.3 is 0 Å². The molecule has 0 bridgehead atoms. The number of hydrogen-bond acceptors (Lipinski definition) is 7. The van der Waals surface area contributed by atoms with Crippen LogP contribution in [-0.2, 0) is 4.74 Å². The van der Waals surface area contributed by atoms with Gasteiger partial charge in [0, 0.05) is 19.3 Å². The lowest BCUT2D eigenvalue weighted by atomic mass is 9.92. The van der Waals surface area contributed by atoms with Crippen molar-refractivity contribution in [3.05, 3.63) is 11.8 Å². The van der Waals surface area contributed by atoms with Crippen LogP contribution < -0.4 is 16.4 Å². The summed E-state index contributed by atoms with van der Waals surface area (Å²) in [5.41, 5.74) is 5.71. The van der Waals surface area contributed by atoms with E-state index in [1.54, 1.807) is 7.11 Å². The van der Waals surface area contributed by atoms with Crippen LogP contribution in [0, 0.1) is 0 Å². The second-order valence-corrected chi connectivity index (χ2v) is 7.28. The van der Waals surface area contributed by atoms with E-state index in [4.69, 9.17) is 10.5 Å². The van der Waals surface area contributed by atoms with Gasteiger partial charge in [0.2, 0.25) is 5.95 Å². The van der Waals surface area contributed by atoms with Crippen molar-refractivity contribution in [3.8, 4) is 0 Å². The van der Waals surface area contributed by atoms with Gasteiger partial charge in [-0.15, -0.1) is 0 Å². The number of ether oxygens (including phenoxy) is 1. The highest BCUT2D eigenvalue weighted by Gasteiger charge is 2.26. The molecule has 0 aliphatic heterocycles. The Bertz CT molecular complexity index is 619. The first-order chi connectivity index (χ1) is 12.6. The number of primary amides is 1. The van der Waals surface area contributed by atoms with Crippen molar-refractivity contribution in [1.29, 1.82) is 0 Å². The van der Waals surface area contributed by atoms with E-state index < -0.39 is 12.0 Å². The molecule has 8 nitrogen and oxygen atoms in total. The fourth-order valence-corrected chi connectivity index (χ4v) is 3.82. The van der Waals surface area contributed by atoms with Gasteiger partial charge in [0.15, 0.2) is 0 Å². The molecule has 2 atom stereocenters. The second kappa shape index (κ2) is 8.64. The third-order valence-corrected chi connectivity index (χ3v) is 5.45. The summed E-state index contributed by atoms with van der Waals surface area (Å²) in [6.07, 6.45) is 8.98. The first-order valence-corrected chi connectivity index (χ1v) is 9.47. The van der Waals surface area contributed by atoms with Gasteiger partial charge in [-0.05, 0) is 38.5 Å². The minimum Gasteiger partial charge on any atom is -0.391 e. The van der Waals surface area contributed by atoms with Crippen molar-refractivity contribution in [1.82, 2.24) is 9.97 Å². The maximum atomic E-state index is 11.7. The summed E-state index contributed by atoms with van der Waals surface area (Å²) < 4.78 is 5.40. The summed E-state index contributed by atoms with van der Waals surface area (Å²) in [7, 11) is 1.75. The van der Waals surface area contributed by atoms with Crippen LogP contribution in [0.25, 0.3) is 0 Å². The zero-order valence-corrected chi connectivity index (χ0v) is 15.3. The van der Waals surface area contributed by atoms with Gasteiger partial charge in [0.1, 0.15) is 5.82 Å². The van der Waals surface area contributed by atoms with Crippen molar-refractivity contribution in [2.45, 2.75) is 75.7 Å². The summed E-state index contributed by atoms with van der Waals surface area (Å²) in [5.74, 6) is 0.292. The molecule has 0 aromatic carbocycles. The van der Waals surface area contributed by atoms with Crippen LogP contribution in [0.1, 0.15) is 61.7 Å². The number of nitrogens with zero attached hydrogens (tertiary/aromatic N) is 2. The Balaban J connectivity index is 1.70. The lowest BCUT2D eigenvalue weighted by molar-refractivity contribution is 0.0681. The van der Waals surface area contributed by atoms with Crippen LogP contribution in [0.15, 0.2) is 6.20 Å². The Morgan fingerprint density at radius 3 is 2.58 bits per heavy atom. The number of carbonyl (C=O) groups excluding carboxylic acids is 1. The molecule has 2 aliphatic rings. The highest BCUT2D eigenvalue weighted by Crippen LogP contribution is 2.25. The Morgan fingerprint density at radius 2 is 1.92 bits per heavy atom. The summed E-state index contributed by atoms with van der Waals surface area (Å²) in [5, 5.41) is 16.7. The minimum absolute atomic E-state index is 0.123.